The molecule has 5 nitrogen and oxygen atoms in total. The van der Waals surface area contributed by atoms with Gasteiger partial charge in [-0.15, -0.1) is 0 Å². The second kappa shape index (κ2) is 13.0. The summed E-state index contributed by atoms with van der Waals surface area (Å²) in [5.74, 6) is 1.41. The smallest absolute Gasteiger partial charge is 0.232 e. The average molecular weight is 621 g/mol. The van der Waals surface area contributed by atoms with Crippen LogP contribution < -0.4 is 4.74 Å². The minimum atomic E-state index is -0.346. The van der Waals surface area contributed by atoms with Crippen molar-refractivity contribution in [2.75, 3.05) is 19.7 Å². The van der Waals surface area contributed by atoms with E-state index < -0.39 is 0 Å². The largest absolute Gasteiger partial charge is 0.493 e. The zero-order chi connectivity index (χ0) is 30.9. The van der Waals surface area contributed by atoms with Gasteiger partial charge in [0.25, 0.3) is 0 Å². The first-order chi connectivity index (χ1) is 20.5. The van der Waals surface area contributed by atoms with Crippen LogP contribution in [-0.2, 0) is 10.2 Å². The van der Waals surface area contributed by atoms with Crippen LogP contribution in [0.1, 0.15) is 88.7 Å². The molecule has 5 rings (SSSR count). The summed E-state index contributed by atoms with van der Waals surface area (Å²) < 4.78 is 6.25. The molecule has 3 aromatic carbocycles. The number of benzene rings is 3. The van der Waals surface area contributed by atoms with Crippen molar-refractivity contribution >= 4 is 34.9 Å². The zero-order valence-corrected chi connectivity index (χ0v) is 27.6. The molecule has 1 fully saturated rings. The van der Waals surface area contributed by atoms with Gasteiger partial charge in [-0.1, -0.05) is 74.3 Å². The molecule has 3 aromatic rings. The van der Waals surface area contributed by atoms with Gasteiger partial charge >= 0.3 is 0 Å². The molecule has 0 aliphatic carbocycles. The molecule has 0 bridgehead atoms. The highest BCUT2D eigenvalue weighted by atomic mass is 35.5. The number of halogens is 2. The van der Waals surface area contributed by atoms with Crippen LogP contribution in [0.4, 0.5) is 0 Å². The van der Waals surface area contributed by atoms with E-state index in [0.717, 1.165) is 48.4 Å². The van der Waals surface area contributed by atoms with Crippen molar-refractivity contribution in [2.45, 2.75) is 77.9 Å². The molecular formula is C36H43Cl2N3O2. The van der Waals surface area contributed by atoms with Gasteiger partial charge in [-0.2, -0.15) is 0 Å². The molecule has 0 radical (unpaired) electrons. The Bertz CT molecular complexity index is 1450. The quantitative estimate of drug-likeness (QED) is 0.265. The molecule has 43 heavy (non-hydrogen) atoms. The minimum Gasteiger partial charge on any atom is -0.493 e. The Kier molecular flexibility index (Phi) is 9.55. The molecule has 0 unspecified atom stereocenters. The first-order valence-corrected chi connectivity index (χ1v) is 16.2. The summed E-state index contributed by atoms with van der Waals surface area (Å²) in [4.78, 5) is 24.6. The van der Waals surface area contributed by atoms with Gasteiger partial charge in [-0.3, -0.25) is 14.7 Å². The lowest BCUT2D eigenvalue weighted by Crippen LogP contribution is -2.46. The summed E-state index contributed by atoms with van der Waals surface area (Å²) in [6.45, 7) is 15.3. The number of aliphatic imine (C=N–C) groups is 1. The SMILES string of the molecule is CCOc1cc(C(C)(C)C)ccc1C1=N[C@@H](c2ccc(Cl)cc2)[C@@H](c2ccc(Cl)cc2)N1C(=O)C1CCN(C(C)C)CC1. The summed E-state index contributed by atoms with van der Waals surface area (Å²) in [6, 6.07) is 21.7. The van der Waals surface area contributed by atoms with Crippen molar-refractivity contribution in [1.29, 1.82) is 0 Å². The summed E-state index contributed by atoms with van der Waals surface area (Å²) in [5, 5.41) is 1.32. The summed E-state index contributed by atoms with van der Waals surface area (Å²) >= 11 is 12.6. The van der Waals surface area contributed by atoms with Crippen LogP contribution in [-0.4, -0.2) is 47.3 Å². The van der Waals surface area contributed by atoms with E-state index in [1.165, 1.54) is 5.56 Å². The van der Waals surface area contributed by atoms with Gasteiger partial charge in [-0.25, -0.2) is 0 Å². The maximum absolute atomic E-state index is 14.8. The maximum atomic E-state index is 14.8. The molecule has 1 amide bonds. The fourth-order valence-corrected chi connectivity index (χ4v) is 6.45. The van der Waals surface area contributed by atoms with Gasteiger partial charge in [0, 0.05) is 22.0 Å². The van der Waals surface area contributed by atoms with E-state index in [0.29, 0.717) is 28.5 Å². The lowest BCUT2D eigenvalue weighted by Gasteiger charge is -2.37. The number of nitrogens with zero attached hydrogens (tertiary/aromatic N) is 3. The first-order valence-electron chi connectivity index (χ1n) is 15.4. The number of hydrogen-bond donors (Lipinski definition) is 0. The van der Waals surface area contributed by atoms with Crippen LogP contribution in [0.25, 0.3) is 0 Å². The van der Waals surface area contributed by atoms with Crippen LogP contribution in [0, 0.1) is 5.92 Å². The number of carbonyl (C=O) groups is 1. The topological polar surface area (TPSA) is 45.1 Å². The molecule has 2 heterocycles. The third-order valence-electron chi connectivity index (χ3n) is 8.72. The third-order valence-corrected chi connectivity index (χ3v) is 9.23. The third kappa shape index (κ3) is 6.79. The van der Waals surface area contributed by atoms with E-state index in [1.54, 1.807) is 0 Å². The predicted octanol–water partition coefficient (Wildman–Crippen LogP) is 8.88. The van der Waals surface area contributed by atoms with Crippen molar-refractivity contribution in [3.63, 3.8) is 0 Å². The highest BCUT2D eigenvalue weighted by molar-refractivity contribution is 6.30. The number of likely N-dealkylation sites (tertiary alicyclic amines) is 1. The van der Waals surface area contributed by atoms with E-state index in [9.17, 15) is 4.79 Å². The molecular weight excluding hydrogens is 577 g/mol. The zero-order valence-electron chi connectivity index (χ0n) is 26.1. The number of hydrogen-bond acceptors (Lipinski definition) is 4. The predicted molar refractivity (Wildman–Crippen MR) is 178 cm³/mol. The number of amidine groups is 1. The molecule has 228 valence electrons. The first kappa shape index (κ1) is 31.6. The van der Waals surface area contributed by atoms with Crippen LogP contribution >= 0.6 is 23.2 Å². The Morgan fingerprint density at radius 2 is 1.51 bits per heavy atom. The van der Waals surface area contributed by atoms with Crippen LogP contribution in [0.3, 0.4) is 0 Å². The Hall–Kier alpha value is -2.86. The molecule has 0 spiro atoms. The van der Waals surface area contributed by atoms with Gasteiger partial charge in [0.2, 0.25) is 5.91 Å². The number of rotatable bonds is 7. The van der Waals surface area contributed by atoms with E-state index in [4.69, 9.17) is 32.9 Å². The van der Waals surface area contributed by atoms with Gasteiger partial charge in [0.15, 0.2) is 0 Å². The number of ether oxygens (including phenoxy) is 1. The Balaban J connectivity index is 1.67. The Morgan fingerprint density at radius 1 is 0.930 bits per heavy atom. The minimum absolute atomic E-state index is 0.0561. The maximum Gasteiger partial charge on any atom is 0.232 e. The monoisotopic (exact) mass is 619 g/mol. The molecule has 2 atom stereocenters. The molecule has 7 heteroatoms. The molecule has 2 aliphatic rings. The second-order valence-electron chi connectivity index (χ2n) is 13.0. The lowest BCUT2D eigenvalue weighted by atomic mass is 9.86. The van der Waals surface area contributed by atoms with Crippen molar-refractivity contribution < 1.29 is 9.53 Å². The Labute approximate surface area is 266 Å². The highest BCUT2D eigenvalue weighted by Crippen LogP contribution is 2.46. The average Bonchev–Trinajstić information content (AvgIpc) is 3.37. The summed E-state index contributed by atoms with van der Waals surface area (Å²) in [6.07, 6.45) is 1.64. The summed E-state index contributed by atoms with van der Waals surface area (Å²) in [5.41, 5.74) is 3.93. The standard InChI is InChI=1S/C36H43Cl2N3O2/c1-7-43-31-22-27(36(4,5)6)12-17-30(31)34-39-32(24-8-13-28(37)14-9-24)33(25-10-15-29(38)16-11-25)41(34)35(42)26-18-20-40(21-19-26)23(2)3/h8-17,22-23,26,32-33H,7,18-21H2,1-6H3/t32-,33+/m0/s1. The lowest BCUT2D eigenvalue weighted by molar-refractivity contribution is -0.134. The molecule has 1 saturated heterocycles. The molecule has 0 aromatic heterocycles. The molecule has 0 saturated carbocycles. The van der Waals surface area contributed by atoms with Gasteiger partial charge in [0.1, 0.15) is 17.6 Å². The van der Waals surface area contributed by atoms with Gasteiger partial charge in [0.05, 0.1) is 18.2 Å². The fourth-order valence-electron chi connectivity index (χ4n) is 6.19. The fraction of sp³-hybridized carbons (Fsp3) is 0.444. The molecule has 2 aliphatic heterocycles. The van der Waals surface area contributed by atoms with Crippen molar-refractivity contribution in [2.24, 2.45) is 10.9 Å². The van der Waals surface area contributed by atoms with Crippen LogP contribution in [0.15, 0.2) is 71.7 Å². The number of amides is 1. The van der Waals surface area contributed by atoms with E-state index >= 15 is 0 Å². The normalized spacial score (nSPS) is 20.0. The van der Waals surface area contributed by atoms with Crippen LogP contribution in [0.5, 0.6) is 5.75 Å². The van der Waals surface area contributed by atoms with E-state index in [-0.39, 0.29) is 29.3 Å². The highest BCUT2D eigenvalue weighted by Gasteiger charge is 2.45. The van der Waals surface area contributed by atoms with Gasteiger partial charge < -0.3 is 9.64 Å². The van der Waals surface area contributed by atoms with Crippen molar-refractivity contribution in [3.8, 4) is 5.75 Å². The van der Waals surface area contributed by atoms with Crippen molar-refractivity contribution in [1.82, 2.24) is 9.80 Å². The van der Waals surface area contributed by atoms with E-state index in [2.05, 4.69) is 57.7 Å². The molecule has 0 N–H and O–H groups in total. The second-order valence-corrected chi connectivity index (χ2v) is 13.8. The number of piperidine rings is 1. The van der Waals surface area contributed by atoms with Crippen molar-refractivity contribution in [3.05, 3.63) is 99.0 Å². The number of carbonyl (C=O) groups excluding carboxylic acids is 1. The van der Waals surface area contributed by atoms with E-state index in [1.807, 2.05) is 60.4 Å². The van der Waals surface area contributed by atoms with Crippen LogP contribution in [0.2, 0.25) is 10.0 Å². The Morgan fingerprint density at radius 3 is 2.05 bits per heavy atom. The van der Waals surface area contributed by atoms with Gasteiger partial charge in [-0.05, 0) is 105 Å². The summed E-state index contributed by atoms with van der Waals surface area (Å²) in [7, 11) is 0.